The third-order valence-electron chi connectivity index (χ3n) is 4.52. The van der Waals surface area contributed by atoms with Gasteiger partial charge in [-0.3, -0.25) is 14.6 Å². The molecule has 0 N–H and O–H groups in total. The van der Waals surface area contributed by atoms with Crippen LogP contribution in [0.3, 0.4) is 0 Å². The first-order valence-electron chi connectivity index (χ1n) is 7.67. The maximum Gasteiger partial charge on any atom is 0.315 e. The lowest BCUT2D eigenvalue weighted by Gasteiger charge is -2.34. The number of Topliss-reactive ketones (excluding diaryl/α,β-unsaturated/α-hetero) is 1. The zero-order valence-electron chi connectivity index (χ0n) is 13.1. The molecule has 0 aromatic heterocycles. The van der Waals surface area contributed by atoms with Crippen LogP contribution in [0.5, 0.6) is 0 Å². The van der Waals surface area contributed by atoms with Gasteiger partial charge in [0, 0.05) is 32.9 Å². The van der Waals surface area contributed by atoms with Crippen molar-refractivity contribution in [2.24, 2.45) is 10.9 Å². The van der Waals surface area contributed by atoms with Crippen LogP contribution in [0.25, 0.3) is 0 Å². The molecule has 120 valence electrons. The van der Waals surface area contributed by atoms with E-state index in [-0.39, 0.29) is 17.7 Å². The summed E-state index contributed by atoms with van der Waals surface area (Å²) in [5, 5.41) is 0. The molecule has 2 atom stereocenters. The molecule has 3 rings (SSSR count). The van der Waals surface area contributed by atoms with Crippen LogP contribution in [-0.4, -0.2) is 24.6 Å². The fraction of sp³-hybridized carbons (Fsp3) is 0.389. The third kappa shape index (κ3) is 2.98. The number of hydrogen-bond acceptors (Lipinski definition) is 4. The normalized spacial score (nSPS) is 24.1. The van der Waals surface area contributed by atoms with Gasteiger partial charge in [-0.2, -0.15) is 0 Å². The van der Waals surface area contributed by atoms with E-state index in [2.05, 4.69) is 27.6 Å². The Morgan fingerprint density at radius 1 is 1.26 bits per heavy atom. The van der Waals surface area contributed by atoms with Crippen LogP contribution in [-0.2, 0) is 14.3 Å². The first-order chi connectivity index (χ1) is 11.0. The van der Waals surface area contributed by atoms with Crippen LogP contribution in [0.4, 0.5) is 0 Å². The Morgan fingerprint density at radius 3 is 2.61 bits per heavy atom. The SMILES string of the molecule is COC(=O)C1C(C)=NC2=C(C(=O)CCC2)[C@H]1c1ccc(I)cc1. The number of carbonyl (C=O) groups is 2. The lowest BCUT2D eigenvalue weighted by Crippen LogP contribution is -2.36. The van der Waals surface area contributed by atoms with Crippen LogP contribution < -0.4 is 0 Å². The maximum atomic E-state index is 12.6. The van der Waals surface area contributed by atoms with Crippen LogP contribution >= 0.6 is 22.6 Å². The van der Waals surface area contributed by atoms with Crippen LogP contribution in [0.2, 0.25) is 0 Å². The van der Waals surface area contributed by atoms with Crippen molar-refractivity contribution in [1.29, 1.82) is 0 Å². The predicted molar refractivity (Wildman–Crippen MR) is 96.4 cm³/mol. The number of halogens is 1. The Morgan fingerprint density at radius 2 is 1.96 bits per heavy atom. The molecule has 0 spiro atoms. The predicted octanol–water partition coefficient (Wildman–Crippen LogP) is 3.65. The van der Waals surface area contributed by atoms with Crippen molar-refractivity contribution >= 4 is 40.1 Å². The van der Waals surface area contributed by atoms with Gasteiger partial charge in [-0.1, -0.05) is 12.1 Å². The van der Waals surface area contributed by atoms with E-state index in [1.165, 1.54) is 7.11 Å². The van der Waals surface area contributed by atoms with Crippen LogP contribution in [0, 0.1) is 9.49 Å². The fourth-order valence-corrected chi connectivity index (χ4v) is 3.83. The zero-order chi connectivity index (χ0) is 16.6. The van der Waals surface area contributed by atoms with Gasteiger partial charge in [-0.25, -0.2) is 0 Å². The molecule has 5 heteroatoms. The number of methoxy groups -OCH3 is 1. The lowest BCUT2D eigenvalue weighted by atomic mass is 9.72. The summed E-state index contributed by atoms with van der Waals surface area (Å²) < 4.78 is 6.11. The van der Waals surface area contributed by atoms with Gasteiger partial charge in [0.15, 0.2) is 5.78 Å². The van der Waals surface area contributed by atoms with E-state index in [9.17, 15) is 9.59 Å². The first kappa shape index (κ1) is 16.4. The minimum absolute atomic E-state index is 0.111. The molecule has 1 aromatic carbocycles. The van der Waals surface area contributed by atoms with Gasteiger partial charge in [0.1, 0.15) is 5.92 Å². The van der Waals surface area contributed by atoms with Gasteiger partial charge >= 0.3 is 5.97 Å². The van der Waals surface area contributed by atoms with E-state index in [4.69, 9.17) is 4.74 Å². The van der Waals surface area contributed by atoms with E-state index in [1.54, 1.807) is 0 Å². The van der Waals surface area contributed by atoms with Crippen LogP contribution in [0.15, 0.2) is 40.5 Å². The van der Waals surface area contributed by atoms with E-state index < -0.39 is 5.92 Å². The Hall–Kier alpha value is -1.50. The van der Waals surface area contributed by atoms with Crippen molar-refractivity contribution in [3.8, 4) is 0 Å². The van der Waals surface area contributed by atoms with Crippen molar-refractivity contribution in [3.05, 3.63) is 44.7 Å². The van der Waals surface area contributed by atoms with Crippen molar-refractivity contribution in [3.63, 3.8) is 0 Å². The summed E-state index contributed by atoms with van der Waals surface area (Å²) >= 11 is 2.24. The van der Waals surface area contributed by atoms with Gasteiger partial charge in [-0.15, -0.1) is 0 Å². The molecule has 0 saturated heterocycles. The second-order valence-corrected chi connectivity index (χ2v) is 7.17. The number of hydrogen-bond donors (Lipinski definition) is 0. The largest absolute Gasteiger partial charge is 0.468 e. The quantitative estimate of drug-likeness (QED) is 0.539. The van der Waals surface area contributed by atoms with Gasteiger partial charge in [-0.05, 0) is 60.1 Å². The minimum Gasteiger partial charge on any atom is -0.468 e. The number of aliphatic imine (C=N–C) groups is 1. The topological polar surface area (TPSA) is 55.7 Å². The summed E-state index contributed by atoms with van der Waals surface area (Å²) in [5.41, 5.74) is 3.26. The number of benzene rings is 1. The van der Waals surface area contributed by atoms with Gasteiger partial charge in [0.2, 0.25) is 0 Å². The first-order valence-corrected chi connectivity index (χ1v) is 8.75. The van der Waals surface area contributed by atoms with Gasteiger partial charge in [0.05, 0.1) is 7.11 Å². The van der Waals surface area contributed by atoms with Crippen LogP contribution in [0.1, 0.15) is 37.7 Å². The molecular formula is C18H18INO3. The molecule has 0 bridgehead atoms. The molecule has 4 nitrogen and oxygen atoms in total. The van der Waals surface area contributed by atoms with E-state index in [1.807, 2.05) is 31.2 Å². The highest BCUT2D eigenvalue weighted by atomic mass is 127. The Labute approximate surface area is 149 Å². The molecule has 0 amide bonds. The molecule has 0 radical (unpaired) electrons. The van der Waals surface area contributed by atoms with E-state index in [0.29, 0.717) is 12.0 Å². The summed E-state index contributed by atoms with van der Waals surface area (Å²) in [6.45, 7) is 1.85. The minimum atomic E-state index is -0.527. The fourth-order valence-electron chi connectivity index (χ4n) is 3.47. The lowest BCUT2D eigenvalue weighted by molar-refractivity contribution is -0.143. The van der Waals surface area contributed by atoms with Crippen molar-refractivity contribution in [2.75, 3.05) is 7.11 Å². The van der Waals surface area contributed by atoms with Gasteiger partial charge < -0.3 is 4.74 Å². The molecular weight excluding hydrogens is 405 g/mol. The molecule has 23 heavy (non-hydrogen) atoms. The molecule has 1 aliphatic carbocycles. The van der Waals surface area contributed by atoms with Gasteiger partial charge in [0.25, 0.3) is 0 Å². The average Bonchev–Trinajstić information content (AvgIpc) is 2.54. The highest BCUT2D eigenvalue weighted by molar-refractivity contribution is 14.1. The van der Waals surface area contributed by atoms with Crippen molar-refractivity contribution in [2.45, 2.75) is 32.1 Å². The summed E-state index contributed by atoms with van der Waals surface area (Å²) in [5.74, 6) is -1.04. The molecule has 0 fully saturated rings. The molecule has 2 aliphatic rings. The Balaban J connectivity index is 2.17. The number of esters is 1. The number of allylic oxidation sites excluding steroid dienone is 2. The number of rotatable bonds is 2. The van der Waals surface area contributed by atoms with E-state index in [0.717, 1.165) is 33.4 Å². The molecule has 0 saturated carbocycles. The van der Waals surface area contributed by atoms with E-state index >= 15 is 0 Å². The Bertz CT molecular complexity index is 718. The standard InChI is InChI=1S/C18H18INO3/c1-10-15(18(22)23-2)16(11-6-8-12(19)9-7-11)17-13(20-10)4-3-5-14(17)21/h6-9,15-16H,3-5H2,1-2H3/t15?,16-/m0/s1. The highest BCUT2D eigenvalue weighted by Gasteiger charge is 2.42. The molecule has 1 aromatic rings. The number of nitrogens with zero attached hydrogens (tertiary/aromatic N) is 1. The number of ketones is 1. The summed E-state index contributed by atoms with van der Waals surface area (Å²) in [4.78, 5) is 29.5. The molecule has 1 unspecified atom stereocenters. The third-order valence-corrected chi connectivity index (χ3v) is 5.24. The summed E-state index contributed by atoms with van der Waals surface area (Å²) in [7, 11) is 1.38. The molecule has 1 aliphatic heterocycles. The zero-order valence-corrected chi connectivity index (χ0v) is 15.3. The van der Waals surface area contributed by atoms with Crippen molar-refractivity contribution < 1.29 is 14.3 Å². The summed E-state index contributed by atoms with van der Waals surface area (Å²) in [6.07, 6.45) is 2.16. The number of ether oxygens (including phenoxy) is 1. The maximum absolute atomic E-state index is 12.6. The smallest absolute Gasteiger partial charge is 0.315 e. The summed E-state index contributed by atoms with van der Waals surface area (Å²) in [6, 6.07) is 7.98. The highest BCUT2D eigenvalue weighted by Crippen LogP contribution is 2.43. The molecule has 1 heterocycles. The average molecular weight is 423 g/mol. The Kier molecular flexibility index (Phi) is 4.66. The van der Waals surface area contributed by atoms with Crippen molar-refractivity contribution in [1.82, 2.24) is 0 Å². The monoisotopic (exact) mass is 423 g/mol. The second-order valence-electron chi connectivity index (χ2n) is 5.92. The second kappa shape index (κ2) is 6.55. The number of carbonyl (C=O) groups excluding carboxylic acids is 2.